The highest BCUT2D eigenvalue weighted by molar-refractivity contribution is 7.19. The third-order valence-corrected chi connectivity index (χ3v) is 6.63. The Kier molecular flexibility index (Phi) is 6.87. The Morgan fingerprint density at radius 1 is 1.39 bits per heavy atom. The average molecular weight is 490 g/mol. The van der Waals surface area contributed by atoms with E-state index < -0.39 is 11.8 Å². The molecule has 0 fully saturated rings. The van der Waals surface area contributed by atoms with Crippen molar-refractivity contribution < 1.29 is 19.1 Å². The van der Waals surface area contributed by atoms with E-state index in [9.17, 15) is 14.0 Å². The first-order valence-corrected chi connectivity index (χ1v) is 11.3. The number of halogens is 2. The minimum Gasteiger partial charge on any atom is -0.480 e. The van der Waals surface area contributed by atoms with Crippen LogP contribution < -0.4 is 5.32 Å². The van der Waals surface area contributed by atoms with Gasteiger partial charge < -0.3 is 15.3 Å². The molecule has 4 rings (SSSR count). The zero-order valence-electron chi connectivity index (χ0n) is 17.7. The highest BCUT2D eigenvalue weighted by Crippen LogP contribution is 2.38. The molecule has 0 radical (unpaired) electrons. The summed E-state index contributed by atoms with van der Waals surface area (Å²) in [5.41, 5.74) is 1.72. The van der Waals surface area contributed by atoms with E-state index in [1.54, 1.807) is 29.0 Å². The van der Waals surface area contributed by atoms with E-state index in [4.69, 9.17) is 16.7 Å². The summed E-state index contributed by atoms with van der Waals surface area (Å²) < 4.78 is 13.5. The van der Waals surface area contributed by atoms with Gasteiger partial charge >= 0.3 is 5.97 Å². The number of nitrogens with zero attached hydrogens (tertiary/aromatic N) is 4. The van der Waals surface area contributed by atoms with Gasteiger partial charge in [-0.1, -0.05) is 17.7 Å². The first-order chi connectivity index (χ1) is 15.8. The Labute approximate surface area is 198 Å². The number of carbonyl (C=O) groups excluding carboxylic acids is 1. The molecule has 1 amide bonds. The molecule has 0 bridgehead atoms. The molecule has 0 unspecified atom stereocenters. The first kappa shape index (κ1) is 23.1. The van der Waals surface area contributed by atoms with E-state index in [0.717, 1.165) is 20.7 Å². The zero-order valence-corrected chi connectivity index (χ0v) is 19.3. The molecule has 1 aromatic carbocycles. The van der Waals surface area contributed by atoms with E-state index >= 15 is 0 Å². The minimum atomic E-state index is -0.912. The first-order valence-electron chi connectivity index (χ1n) is 10.1. The normalized spacial score (nSPS) is 13.6. The van der Waals surface area contributed by atoms with Crippen LogP contribution in [-0.2, 0) is 22.6 Å². The molecule has 0 saturated heterocycles. The molecule has 1 aliphatic heterocycles. The molecule has 11 heteroatoms. The fraction of sp³-hybridized carbons (Fsp3) is 0.273. The van der Waals surface area contributed by atoms with Crippen LogP contribution in [0.1, 0.15) is 10.4 Å². The van der Waals surface area contributed by atoms with Gasteiger partial charge in [0, 0.05) is 29.7 Å². The molecule has 172 valence electrons. The number of aliphatic carboxylic acids is 1. The topological polar surface area (TPSA) is 98.7 Å². The Balaban J connectivity index is 1.50. The van der Waals surface area contributed by atoms with Crippen LogP contribution in [0.5, 0.6) is 0 Å². The van der Waals surface area contributed by atoms with E-state index in [1.165, 1.54) is 35.9 Å². The summed E-state index contributed by atoms with van der Waals surface area (Å²) in [4.78, 5) is 37.3. The van der Waals surface area contributed by atoms with Gasteiger partial charge in [-0.25, -0.2) is 14.4 Å². The molecule has 3 heterocycles. The lowest BCUT2D eigenvalue weighted by molar-refractivity contribution is -0.137. The van der Waals surface area contributed by atoms with Crippen LogP contribution >= 0.6 is 22.9 Å². The summed E-state index contributed by atoms with van der Waals surface area (Å²) in [7, 11) is 1.68. The number of aromatic nitrogens is 2. The van der Waals surface area contributed by atoms with Crippen molar-refractivity contribution in [2.45, 2.75) is 13.0 Å². The van der Waals surface area contributed by atoms with Gasteiger partial charge in [-0.2, -0.15) is 0 Å². The largest absolute Gasteiger partial charge is 0.480 e. The van der Waals surface area contributed by atoms with Crippen molar-refractivity contribution in [2.24, 2.45) is 0 Å². The number of amides is 1. The van der Waals surface area contributed by atoms with E-state index in [2.05, 4.69) is 15.3 Å². The van der Waals surface area contributed by atoms with Gasteiger partial charge in [-0.3, -0.25) is 14.5 Å². The molecule has 0 aliphatic carbocycles. The number of carboxylic acids is 1. The number of anilines is 2. The third kappa shape index (κ3) is 5.29. The van der Waals surface area contributed by atoms with Crippen LogP contribution in [0.25, 0.3) is 10.2 Å². The van der Waals surface area contributed by atoms with Crippen molar-refractivity contribution in [3.8, 4) is 0 Å². The number of carboxylic acid groups (broad SMARTS) is 1. The summed E-state index contributed by atoms with van der Waals surface area (Å²) >= 11 is 7.41. The summed E-state index contributed by atoms with van der Waals surface area (Å²) in [6.07, 6.45) is 5.28. The minimum absolute atomic E-state index is 0.0222. The number of nitrogens with one attached hydrogen (secondary N) is 1. The second-order valence-electron chi connectivity index (χ2n) is 7.66. The number of thiophene rings is 1. The van der Waals surface area contributed by atoms with Crippen molar-refractivity contribution in [3.05, 3.63) is 58.0 Å². The number of rotatable bonds is 7. The van der Waals surface area contributed by atoms with Crippen molar-refractivity contribution in [3.63, 3.8) is 0 Å². The molecule has 8 nitrogen and oxygen atoms in total. The number of hydrogen-bond acceptors (Lipinski definition) is 7. The van der Waals surface area contributed by atoms with Crippen LogP contribution in [0, 0.1) is 5.82 Å². The van der Waals surface area contributed by atoms with Crippen molar-refractivity contribution in [1.29, 1.82) is 0 Å². The Hall–Kier alpha value is -3.08. The van der Waals surface area contributed by atoms with Crippen LogP contribution in [0.4, 0.5) is 15.9 Å². The lowest BCUT2D eigenvalue weighted by Crippen LogP contribution is -2.34. The van der Waals surface area contributed by atoms with Gasteiger partial charge in [0.25, 0.3) is 0 Å². The quantitative estimate of drug-likeness (QED) is 0.488. The predicted octanol–water partition coefficient (Wildman–Crippen LogP) is 3.68. The SMILES string of the molecule is CN(C/C=C/C(=O)N1CCc2c(sc3ncnc(Nc4ccc(F)c(Cl)c4)c23)C1)CC(=O)O. The van der Waals surface area contributed by atoms with Gasteiger partial charge in [0.1, 0.15) is 22.8 Å². The molecule has 33 heavy (non-hydrogen) atoms. The molecule has 2 N–H and O–H groups in total. The molecule has 2 aromatic heterocycles. The van der Waals surface area contributed by atoms with Crippen molar-refractivity contribution in [1.82, 2.24) is 19.8 Å². The molecule has 0 spiro atoms. The van der Waals surface area contributed by atoms with Gasteiger partial charge in [-0.05, 0) is 37.2 Å². The van der Waals surface area contributed by atoms with Crippen molar-refractivity contribution in [2.75, 3.05) is 32.0 Å². The molecule has 0 saturated carbocycles. The highest BCUT2D eigenvalue weighted by atomic mass is 35.5. The second-order valence-corrected chi connectivity index (χ2v) is 9.15. The number of carbonyl (C=O) groups is 2. The average Bonchev–Trinajstić information content (AvgIpc) is 3.14. The lowest BCUT2D eigenvalue weighted by Gasteiger charge is -2.26. The summed E-state index contributed by atoms with van der Waals surface area (Å²) in [6, 6.07) is 4.39. The van der Waals surface area contributed by atoms with Gasteiger partial charge in [0.15, 0.2) is 0 Å². The Bertz CT molecular complexity index is 1250. The van der Waals surface area contributed by atoms with Crippen LogP contribution in [0.3, 0.4) is 0 Å². The van der Waals surface area contributed by atoms with E-state index in [-0.39, 0.29) is 17.5 Å². The second kappa shape index (κ2) is 9.82. The Morgan fingerprint density at radius 2 is 2.21 bits per heavy atom. The molecule has 1 aliphatic rings. The van der Waals surface area contributed by atoms with Gasteiger partial charge in [0.05, 0.1) is 23.5 Å². The zero-order chi connectivity index (χ0) is 23.5. The number of hydrogen-bond donors (Lipinski definition) is 2. The maximum atomic E-state index is 13.5. The number of benzene rings is 1. The van der Waals surface area contributed by atoms with Crippen molar-refractivity contribution >= 4 is 56.5 Å². The summed E-state index contributed by atoms with van der Waals surface area (Å²) in [6.45, 7) is 1.29. The van der Waals surface area contributed by atoms with Crippen LogP contribution in [0.2, 0.25) is 5.02 Å². The van der Waals surface area contributed by atoms with Gasteiger partial charge in [0.2, 0.25) is 5.91 Å². The van der Waals surface area contributed by atoms with Crippen LogP contribution in [0.15, 0.2) is 36.7 Å². The summed E-state index contributed by atoms with van der Waals surface area (Å²) in [5, 5.41) is 12.9. The monoisotopic (exact) mass is 489 g/mol. The molecule has 0 atom stereocenters. The Morgan fingerprint density at radius 3 is 2.97 bits per heavy atom. The highest BCUT2D eigenvalue weighted by Gasteiger charge is 2.25. The van der Waals surface area contributed by atoms with Gasteiger partial charge in [-0.15, -0.1) is 11.3 Å². The summed E-state index contributed by atoms with van der Waals surface area (Å²) in [5.74, 6) is -0.908. The smallest absolute Gasteiger partial charge is 0.317 e. The van der Waals surface area contributed by atoms with E-state index in [0.29, 0.717) is 37.6 Å². The molecular formula is C22H21ClFN5O3S. The number of likely N-dealkylation sites (N-methyl/N-ethyl adjacent to an activating group) is 1. The molecular weight excluding hydrogens is 469 g/mol. The van der Waals surface area contributed by atoms with E-state index in [1.807, 2.05) is 0 Å². The fourth-order valence-electron chi connectivity index (χ4n) is 3.66. The third-order valence-electron chi connectivity index (χ3n) is 5.21. The standard InChI is InChI=1S/C22H21ClFN5O3S/c1-28(11-19(31)32)7-2-3-18(30)29-8-6-14-17(10-29)33-22-20(14)21(25-12-26-22)27-13-4-5-16(24)15(23)9-13/h2-5,9,12H,6-8,10-11H2,1H3,(H,31,32)(H,25,26,27)/b3-2+. The predicted molar refractivity (Wildman–Crippen MR) is 126 cm³/mol. The van der Waals surface area contributed by atoms with Crippen LogP contribution in [-0.4, -0.2) is 63.4 Å². The maximum absolute atomic E-state index is 13.5. The maximum Gasteiger partial charge on any atom is 0.317 e. The fourth-order valence-corrected chi connectivity index (χ4v) is 5.04. The number of fused-ring (bicyclic) bond motifs is 3. The lowest BCUT2D eigenvalue weighted by atomic mass is 10.0. The molecule has 3 aromatic rings.